The molecule has 0 radical (unpaired) electrons. The summed E-state index contributed by atoms with van der Waals surface area (Å²) in [5.74, 6) is -0.515. The molecule has 2 atom stereocenters. The number of nitrogens with zero attached hydrogens (tertiary/aromatic N) is 1. The number of carbonyl (C=O) groups excluding carboxylic acids is 1. The van der Waals surface area contributed by atoms with Crippen LogP contribution in [0.15, 0.2) is 71.6 Å². The molecule has 2 unspecified atom stereocenters. The fraction of sp³-hybridized carbons (Fsp3) is 0.250. The van der Waals surface area contributed by atoms with E-state index in [2.05, 4.69) is 21.4 Å². The highest BCUT2D eigenvalue weighted by Crippen LogP contribution is 2.36. The Labute approximate surface area is 170 Å². The van der Waals surface area contributed by atoms with E-state index in [-0.39, 0.29) is 23.6 Å². The molecule has 1 aromatic carbocycles. The average molecular weight is 421 g/mol. The third-order valence-corrected chi connectivity index (χ3v) is 4.95. The molecular formula is C20H19F4N5O. The zero-order chi connectivity index (χ0) is 21.5. The minimum Gasteiger partial charge on any atom is -0.365 e. The summed E-state index contributed by atoms with van der Waals surface area (Å²) in [6.07, 6.45) is 1.05. The van der Waals surface area contributed by atoms with Gasteiger partial charge >= 0.3 is 6.18 Å². The number of amides is 1. The highest BCUT2D eigenvalue weighted by Gasteiger charge is 2.39. The van der Waals surface area contributed by atoms with Gasteiger partial charge in [0.05, 0.1) is 18.2 Å². The first-order chi connectivity index (χ1) is 14.2. The van der Waals surface area contributed by atoms with Gasteiger partial charge in [0.2, 0.25) is 0 Å². The summed E-state index contributed by atoms with van der Waals surface area (Å²) >= 11 is 0. The number of alkyl halides is 3. The van der Waals surface area contributed by atoms with E-state index in [1.807, 2.05) is 0 Å². The maximum atomic E-state index is 13.4. The molecule has 1 amide bonds. The molecule has 3 aliphatic heterocycles. The molecule has 10 heteroatoms. The van der Waals surface area contributed by atoms with Crippen LogP contribution < -0.4 is 21.4 Å². The number of fused-ring (bicyclic) bond motifs is 1. The van der Waals surface area contributed by atoms with Crippen LogP contribution in [-0.4, -0.2) is 23.6 Å². The first kappa shape index (κ1) is 20.0. The third-order valence-electron chi connectivity index (χ3n) is 4.95. The van der Waals surface area contributed by atoms with Gasteiger partial charge in [0.15, 0.2) is 0 Å². The van der Waals surface area contributed by atoms with E-state index in [0.29, 0.717) is 11.5 Å². The van der Waals surface area contributed by atoms with Crippen LogP contribution in [0, 0.1) is 0 Å². The van der Waals surface area contributed by atoms with Crippen molar-refractivity contribution < 1.29 is 22.4 Å². The van der Waals surface area contributed by atoms with Crippen molar-refractivity contribution in [3.05, 3.63) is 82.7 Å². The van der Waals surface area contributed by atoms with Crippen molar-refractivity contribution in [3.8, 4) is 0 Å². The zero-order valence-electron chi connectivity index (χ0n) is 15.8. The number of allylic oxidation sites excluding steroid dienone is 3. The van der Waals surface area contributed by atoms with Crippen molar-refractivity contribution in [3.63, 3.8) is 0 Å². The van der Waals surface area contributed by atoms with Crippen LogP contribution in [0.1, 0.15) is 24.1 Å². The van der Waals surface area contributed by atoms with Gasteiger partial charge in [-0.05, 0) is 36.8 Å². The lowest BCUT2D eigenvalue weighted by molar-refractivity contribution is -0.138. The predicted octanol–water partition coefficient (Wildman–Crippen LogP) is 2.70. The van der Waals surface area contributed by atoms with Crippen molar-refractivity contribution in [1.82, 2.24) is 26.4 Å². The summed E-state index contributed by atoms with van der Waals surface area (Å²) < 4.78 is 53.4. The second kappa shape index (κ2) is 7.52. The van der Waals surface area contributed by atoms with Gasteiger partial charge < -0.3 is 16.0 Å². The Balaban J connectivity index is 1.57. The molecule has 0 aromatic heterocycles. The molecule has 3 aliphatic rings. The number of nitrogens with one attached hydrogen (secondary N) is 4. The number of hydrogen-bond donors (Lipinski definition) is 4. The lowest BCUT2D eigenvalue weighted by Gasteiger charge is -2.35. The summed E-state index contributed by atoms with van der Waals surface area (Å²) in [6, 6.07) is 4.53. The van der Waals surface area contributed by atoms with Crippen LogP contribution >= 0.6 is 0 Å². The van der Waals surface area contributed by atoms with Crippen LogP contribution in [0.25, 0.3) is 0 Å². The lowest BCUT2D eigenvalue weighted by atomic mass is 9.99. The maximum Gasteiger partial charge on any atom is 0.416 e. The lowest BCUT2D eigenvalue weighted by Crippen LogP contribution is -2.51. The number of benzene rings is 1. The standard InChI is InChI=1S/C20H19F4N5O/c1-11-18(19(30)27-16-8-6-12(21)10-25-16)29-17(26-11)9-7-15(28-29)13-4-2-3-5-14(13)20(22,23)24/h2-9,15,17,25-26,28H,10H2,1H3,(H,27,30). The largest absolute Gasteiger partial charge is 0.416 e. The minimum atomic E-state index is -4.50. The molecule has 4 rings (SSSR count). The summed E-state index contributed by atoms with van der Waals surface area (Å²) in [6.45, 7) is 1.66. The summed E-state index contributed by atoms with van der Waals surface area (Å²) in [4.78, 5) is 12.8. The molecule has 3 heterocycles. The quantitative estimate of drug-likeness (QED) is 0.447. The number of halogens is 4. The van der Waals surface area contributed by atoms with Gasteiger partial charge in [-0.1, -0.05) is 24.3 Å². The van der Waals surface area contributed by atoms with E-state index in [9.17, 15) is 22.4 Å². The number of dihydropyridines is 1. The van der Waals surface area contributed by atoms with Gasteiger partial charge in [-0.25, -0.2) is 9.82 Å². The number of hydrazine groups is 1. The smallest absolute Gasteiger partial charge is 0.365 e. The van der Waals surface area contributed by atoms with Gasteiger partial charge in [0, 0.05) is 5.70 Å². The van der Waals surface area contributed by atoms with Gasteiger partial charge in [-0.2, -0.15) is 13.2 Å². The number of rotatable bonds is 3. The van der Waals surface area contributed by atoms with E-state index in [0.717, 1.165) is 6.07 Å². The number of hydrogen-bond acceptors (Lipinski definition) is 5. The molecule has 0 saturated carbocycles. The first-order valence-corrected chi connectivity index (χ1v) is 9.23. The van der Waals surface area contributed by atoms with E-state index in [1.165, 1.54) is 35.4 Å². The molecule has 0 fully saturated rings. The highest BCUT2D eigenvalue weighted by molar-refractivity contribution is 5.95. The highest BCUT2D eigenvalue weighted by atomic mass is 19.4. The van der Waals surface area contributed by atoms with Crippen LogP contribution in [0.2, 0.25) is 0 Å². The Morgan fingerprint density at radius 2 is 1.97 bits per heavy atom. The van der Waals surface area contributed by atoms with E-state index in [4.69, 9.17) is 0 Å². The Bertz CT molecular complexity index is 995. The molecule has 30 heavy (non-hydrogen) atoms. The predicted molar refractivity (Wildman–Crippen MR) is 101 cm³/mol. The van der Waals surface area contributed by atoms with Crippen molar-refractivity contribution in [1.29, 1.82) is 0 Å². The molecule has 0 saturated heterocycles. The van der Waals surface area contributed by atoms with Crippen molar-refractivity contribution in [2.75, 3.05) is 6.54 Å². The van der Waals surface area contributed by atoms with E-state index >= 15 is 0 Å². The molecule has 4 N–H and O–H groups in total. The van der Waals surface area contributed by atoms with Crippen molar-refractivity contribution in [2.45, 2.75) is 25.3 Å². The second-order valence-corrected chi connectivity index (χ2v) is 7.01. The molecule has 1 aromatic rings. The van der Waals surface area contributed by atoms with E-state index in [1.54, 1.807) is 19.1 Å². The average Bonchev–Trinajstić information content (AvgIpc) is 3.04. The molecule has 0 aliphatic carbocycles. The van der Waals surface area contributed by atoms with E-state index < -0.39 is 29.9 Å². The Morgan fingerprint density at radius 3 is 2.67 bits per heavy atom. The minimum absolute atomic E-state index is 0.0357. The van der Waals surface area contributed by atoms with Gasteiger partial charge in [-0.15, -0.1) is 0 Å². The summed E-state index contributed by atoms with van der Waals surface area (Å²) in [5.41, 5.74) is 3.11. The molecule has 158 valence electrons. The monoisotopic (exact) mass is 421 g/mol. The first-order valence-electron chi connectivity index (χ1n) is 9.23. The van der Waals surface area contributed by atoms with Crippen molar-refractivity contribution >= 4 is 5.91 Å². The second-order valence-electron chi connectivity index (χ2n) is 7.01. The van der Waals surface area contributed by atoms with Gasteiger partial charge in [-0.3, -0.25) is 9.80 Å². The van der Waals surface area contributed by atoms with Crippen LogP contribution in [0.4, 0.5) is 17.6 Å². The molecular weight excluding hydrogens is 402 g/mol. The summed E-state index contributed by atoms with van der Waals surface area (Å²) in [5, 5.41) is 10.00. The van der Waals surface area contributed by atoms with Crippen LogP contribution in [0.5, 0.6) is 0 Å². The normalized spacial score (nSPS) is 23.3. The fourth-order valence-corrected chi connectivity index (χ4v) is 3.58. The van der Waals surface area contributed by atoms with Crippen molar-refractivity contribution in [2.24, 2.45) is 0 Å². The van der Waals surface area contributed by atoms with Gasteiger partial charge in [0.25, 0.3) is 5.91 Å². The maximum absolute atomic E-state index is 13.4. The summed E-state index contributed by atoms with van der Waals surface area (Å²) in [7, 11) is 0. The molecule has 0 spiro atoms. The fourth-order valence-electron chi connectivity index (χ4n) is 3.58. The topological polar surface area (TPSA) is 68.4 Å². The Hall–Kier alpha value is -3.27. The molecule has 0 bridgehead atoms. The molecule has 6 nitrogen and oxygen atoms in total. The Morgan fingerprint density at radius 1 is 1.20 bits per heavy atom. The Kier molecular flexibility index (Phi) is 5.02. The van der Waals surface area contributed by atoms with Gasteiger partial charge in [0.1, 0.15) is 23.5 Å². The third kappa shape index (κ3) is 3.78. The number of carbonyl (C=O) groups is 1. The van der Waals surface area contributed by atoms with Crippen LogP contribution in [-0.2, 0) is 11.0 Å². The van der Waals surface area contributed by atoms with Crippen LogP contribution in [0.3, 0.4) is 0 Å². The SMILES string of the molecule is CC1=C(C(=O)NC2=CC=C(F)CN2)N2NC(c3ccccc3C(F)(F)F)C=CC2N1. The zero-order valence-corrected chi connectivity index (χ0v) is 15.8.